The molecule has 1 aliphatic carbocycles. The first kappa shape index (κ1) is 18.7. The molecule has 0 saturated heterocycles. The highest BCUT2D eigenvalue weighted by molar-refractivity contribution is 6.31. The van der Waals surface area contributed by atoms with Crippen LogP contribution in [-0.4, -0.2) is 38.2 Å². The molecule has 1 fully saturated rings. The van der Waals surface area contributed by atoms with Crippen molar-refractivity contribution in [3.63, 3.8) is 0 Å². The lowest BCUT2D eigenvalue weighted by Crippen LogP contribution is -2.39. The molecule has 1 N–H and O–H groups in total. The van der Waals surface area contributed by atoms with Crippen LogP contribution in [-0.2, 0) is 11.3 Å². The number of carbonyl (C=O) groups excluding carboxylic acids is 1. The predicted molar refractivity (Wildman–Crippen MR) is 106 cm³/mol. The first-order chi connectivity index (χ1) is 13.7. The van der Waals surface area contributed by atoms with Gasteiger partial charge in [0.15, 0.2) is 0 Å². The van der Waals surface area contributed by atoms with Gasteiger partial charge in [-0.1, -0.05) is 24.4 Å². The number of aromatic nitrogens is 3. The lowest BCUT2D eigenvalue weighted by molar-refractivity contribution is -0.118. The van der Waals surface area contributed by atoms with Crippen LogP contribution in [0.25, 0.3) is 5.69 Å². The minimum atomic E-state index is -0.0953. The van der Waals surface area contributed by atoms with E-state index in [1.807, 2.05) is 18.2 Å². The Bertz CT molecular complexity index is 905. The summed E-state index contributed by atoms with van der Waals surface area (Å²) in [6.45, 7) is 0.908. The average Bonchev–Trinajstić information content (AvgIpc) is 3.44. The van der Waals surface area contributed by atoms with Gasteiger partial charge in [0.1, 0.15) is 18.4 Å². The summed E-state index contributed by atoms with van der Waals surface area (Å²) in [7, 11) is 0. The molecule has 146 valence electrons. The Morgan fingerprint density at radius 2 is 2.18 bits per heavy atom. The number of carbonyl (C=O) groups is 1. The zero-order valence-corrected chi connectivity index (χ0v) is 16.2. The predicted octanol–water partition coefficient (Wildman–Crippen LogP) is 3.90. The number of furan rings is 1. The molecule has 0 spiro atoms. The summed E-state index contributed by atoms with van der Waals surface area (Å²) in [6.07, 6.45) is 9.31. The second-order valence-corrected chi connectivity index (χ2v) is 7.41. The Hall–Kier alpha value is -2.64. The molecule has 0 atom stereocenters. The van der Waals surface area contributed by atoms with E-state index in [2.05, 4.69) is 20.3 Å². The van der Waals surface area contributed by atoms with Gasteiger partial charge in [0, 0.05) is 11.1 Å². The van der Waals surface area contributed by atoms with Gasteiger partial charge in [-0.2, -0.15) is 5.10 Å². The van der Waals surface area contributed by atoms with Gasteiger partial charge in [-0.05, 0) is 43.2 Å². The van der Waals surface area contributed by atoms with Crippen LogP contribution in [0.5, 0.6) is 0 Å². The summed E-state index contributed by atoms with van der Waals surface area (Å²) in [5.74, 6) is 0.771. The first-order valence-corrected chi connectivity index (χ1v) is 9.77. The fourth-order valence-corrected chi connectivity index (χ4v) is 3.87. The summed E-state index contributed by atoms with van der Waals surface area (Å²) in [4.78, 5) is 19.0. The van der Waals surface area contributed by atoms with Crippen LogP contribution in [0.1, 0.15) is 31.4 Å². The van der Waals surface area contributed by atoms with Gasteiger partial charge in [0.05, 0.1) is 30.7 Å². The van der Waals surface area contributed by atoms with Gasteiger partial charge in [-0.15, -0.1) is 0 Å². The zero-order chi connectivity index (χ0) is 19.3. The molecule has 2 heterocycles. The summed E-state index contributed by atoms with van der Waals surface area (Å²) in [5, 5.41) is 7.68. The molecule has 1 saturated carbocycles. The van der Waals surface area contributed by atoms with Gasteiger partial charge in [-0.25, -0.2) is 9.67 Å². The number of rotatable bonds is 7. The second-order valence-electron chi connectivity index (χ2n) is 6.97. The van der Waals surface area contributed by atoms with E-state index in [4.69, 9.17) is 16.0 Å². The summed E-state index contributed by atoms with van der Waals surface area (Å²) in [6, 6.07) is 9.51. The third-order valence-corrected chi connectivity index (χ3v) is 5.26. The van der Waals surface area contributed by atoms with Crippen LogP contribution in [0.15, 0.2) is 53.7 Å². The number of hydrogen-bond acceptors (Lipinski definition) is 5. The Kier molecular flexibility index (Phi) is 5.73. The lowest BCUT2D eigenvalue weighted by atomic mass is 10.2. The van der Waals surface area contributed by atoms with Crippen molar-refractivity contribution in [2.45, 2.75) is 38.3 Å². The highest BCUT2D eigenvalue weighted by atomic mass is 35.5. The van der Waals surface area contributed by atoms with Crippen molar-refractivity contribution in [3.8, 4) is 5.69 Å². The maximum absolute atomic E-state index is 12.9. The van der Waals surface area contributed by atoms with E-state index in [-0.39, 0.29) is 12.5 Å². The van der Waals surface area contributed by atoms with Crippen LogP contribution in [0.3, 0.4) is 0 Å². The largest absolute Gasteiger partial charge is 0.468 e. The molecule has 3 aromatic rings. The number of halogens is 1. The molecule has 8 heteroatoms. The summed E-state index contributed by atoms with van der Waals surface area (Å²) < 4.78 is 7.10. The Morgan fingerprint density at radius 3 is 2.89 bits per heavy atom. The van der Waals surface area contributed by atoms with Crippen LogP contribution >= 0.6 is 11.6 Å². The summed E-state index contributed by atoms with van der Waals surface area (Å²) >= 11 is 6.15. The van der Waals surface area contributed by atoms with Crippen LogP contribution < -0.4 is 5.32 Å². The number of nitrogens with one attached hydrogen (secondary N) is 1. The molecule has 1 aliphatic rings. The maximum atomic E-state index is 12.9. The maximum Gasteiger partial charge on any atom is 0.238 e. The Morgan fingerprint density at radius 1 is 1.32 bits per heavy atom. The molecular formula is C20H22ClN5O2. The van der Waals surface area contributed by atoms with Crippen molar-refractivity contribution in [1.82, 2.24) is 19.7 Å². The average molecular weight is 400 g/mol. The van der Waals surface area contributed by atoms with Crippen molar-refractivity contribution in [3.05, 3.63) is 60.0 Å². The summed E-state index contributed by atoms with van der Waals surface area (Å²) in [5.41, 5.74) is 1.32. The normalized spacial score (nSPS) is 14.6. The van der Waals surface area contributed by atoms with E-state index in [1.165, 1.54) is 19.2 Å². The first-order valence-electron chi connectivity index (χ1n) is 9.40. The molecule has 7 nitrogen and oxygen atoms in total. The van der Waals surface area contributed by atoms with E-state index in [9.17, 15) is 4.79 Å². The highest BCUT2D eigenvalue weighted by Gasteiger charge is 2.25. The van der Waals surface area contributed by atoms with E-state index >= 15 is 0 Å². The third kappa shape index (κ3) is 4.43. The van der Waals surface area contributed by atoms with Crippen LogP contribution in [0.4, 0.5) is 5.69 Å². The molecule has 28 heavy (non-hydrogen) atoms. The Balaban J connectivity index is 1.50. The molecule has 1 amide bonds. The van der Waals surface area contributed by atoms with E-state index < -0.39 is 0 Å². The van der Waals surface area contributed by atoms with Crippen molar-refractivity contribution in [2.24, 2.45) is 0 Å². The fourth-order valence-electron chi connectivity index (χ4n) is 3.70. The molecule has 0 unspecified atom stereocenters. The molecule has 0 bridgehead atoms. The van der Waals surface area contributed by atoms with Crippen LogP contribution in [0, 0.1) is 0 Å². The topological polar surface area (TPSA) is 76.2 Å². The van der Waals surface area contributed by atoms with E-state index in [1.54, 1.807) is 29.4 Å². The van der Waals surface area contributed by atoms with Gasteiger partial charge < -0.3 is 9.73 Å². The van der Waals surface area contributed by atoms with Crippen molar-refractivity contribution >= 4 is 23.2 Å². The van der Waals surface area contributed by atoms with E-state index in [0.29, 0.717) is 29.0 Å². The number of hydrogen-bond donors (Lipinski definition) is 1. The van der Waals surface area contributed by atoms with Crippen molar-refractivity contribution < 1.29 is 9.21 Å². The number of benzene rings is 1. The van der Waals surface area contributed by atoms with Gasteiger partial charge in [0.2, 0.25) is 5.91 Å². The highest BCUT2D eigenvalue weighted by Crippen LogP contribution is 2.26. The molecule has 0 radical (unpaired) electrons. The molecule has 2 aromatic heterocycles. The smallest absolute Gasteiger partial charge is 0.238 e. The number of amides is 1. The lowest BCUT2D eigenvalue weighted by Gasteiger charge is -2.27. The minimum Gasteiger partial charge on any atom is -0.468 e. The number of nitrogens with zero attached hydrogens (tertiary/aromatic N) is 4. The monoisotopic (exact) mass is 399 g/mol. The minimum absolute atomic E-state index is 0.0953. The van der Waals surface area contributed by atoms with E-state index in [0.717, 1.165) is 18.6 Å². The number of anilines is 1. The molecule has 4 rings (SSSR count). The Labute approximate surface area is 168 Å². The van der Waals surface area contributed by atoms with Gasteiger partial charge >= 0.3 is 0 Å². The molecule has 0 aliphatic heterocycles. The quantitative estimate of drug-likeness (QED) is 0.652. The fraction of sp³-hybridized carbons (Fsp3) is 0.350. The molecular weight excluding hydrogens is 378 g/mol. The molecule has 1 aromatic carbocycles. The van der Waals surface area contributed by atoms with Crippen molar-refractivity contribution in [2.75, 3.05) is 11.9 Å². The SMILES string of the molecule is O=C(CN(Cc1ccco1)C1CCCC1)Nc1cc(Cl)ccc1-n1cncn1. The van der Waals surface area contributed by atoms with Gasteiger partial charge in [0.25, 0.3) is 0 Å². The zero-order valence-electron chi connectivity index (χ0n) is 15.4. The second kappa shape index (κ2) is 8.58. The third-order valence-electron chi connectivity index (χ3n) is 5.03. The van der Waals surface area contributed by atoms with Crippen LogP contribution in [0.2, 0.25) is 5.02 Å². The standard InChI is InChI=1S/C20H22ClN5O2/c21-15-7-8-19(26-14-22-13-23-26)18(10-15)24-20(27)12-25(16-4-1-2-5-16)11-17-6-3-9-28-17/h3,6-10,13-14,16H,1-2,4-5,11-12H2,(H,24,27). The van der Waals surface area contributed by atoms with Gasteiger partial charge in [-0.3, -0.25) is 9.69 Å². The van der Waals surface area contributed by atoms with Crippen molar-refractivity contribution in [1.29, 1.82) is 0 Å².